The molecule has 9 heteroatoms. The molecule has 0 aliphatic carbocycles. The number of hydrogen-bond acceptors (Lipinski definition) is 6. The summed E-state index contributed by atoms with van der Waals surface area (Å²) in [7, 11) is 0. The molecule has 0 fully saturated rings. The van der Waals surface area contributed by atoms with Gasteiger partial charge in [-0.15, -0.1) is 16.4 Å². The fourth-order valence-corrected chi connectivity index (χ4v) is 4.72. The van der Waals surface area contributed by atoms with Crippen molar-refractivity contribution in [1.29, 1.82) is 0 Å². The Bertz CT molecular complexity index is 1180. The standard InChI is InChI=1S/C22H20FN5OS2/c1-14-5-10-18(15(2)12-14)28-22(25-26-27-28)31-13-20(29)24-21(19-4-3-11-30-19)16-6-8-17(23)9-7-16/h3-12,21H,13H2,1-2H3,(H,24,29). The van der Waals surface area contributed by atoms with Gasteiger partial charge in [0.25, 0.3) is 0 Å². The molecular weight excluding hydrogens is 433 g/mol. The van der Waals surface area contributed by atoms with Gasteiger partial charge in [-0.05, 0) is 65.0 Å². The zero-order valence-electron chi connectivity index (χ0n) is 16.9. The average molecular weight is 454 g/mol. The number of amides is 1. The molecule has 1 unspecified atom stereocenters. The lowest BCUT2D eigenvalue weighted by Crippen LogP contribution is -2.30. The van der Waals surface area contributed by atoms with Crippen molar-refractivity contribution >= 4 is 29.0 Å². The van der Waals surface area contributed by atoms with E-state index in [0.29, 0.717) is 5.16 Å². The lowest BCUT2D eigenvalue weighted by molar-refractivity contribution is -0.119. The van der Waals surface area contributed by atoms with E-state index in [1.165, 1.54) is 35.2 Å². The number of aromatic nitrogens is 4. The van der Waals surface area contributed by atoms with Crippen LogP contribution >= 0.6 is 23.1 Å². The summed E-state index contributed by atoms with van der Waals surface area (Å²) in [4.78, 5) is 13.7. The molecule has 0 spiro atoms. The van der Waals surface area contributed by atoms with Crippen molar-refractivity contribution in [2.24, 2.45) is 0 Å². The molecule has 4 rings (SSSR count). The highest BCUT2D eigenvalue weighted by Gasteiger charge is 2.19. The summed E-state index contributed by atoms with van der Waals surface area (Å²) in [6, 6.07) is 15.7. The van der Waals surface area contributed by atoms with Gasteiger partial charge in [-0.25, -0.2) is 4.39 Å². The van der Waals surface area contributed by atoms with E-state index in [2.05, 4.69) is 26.9 Å². The number of nitrogens with one attached hydrogen (secondary N) is 1. The van der Waals surface area contributed by atoms with Crippen molar-refractivity contribution in [3.05, 3.63) is 87.4 Å². The maximum atomic E-state index is 13.4. The fourth-order valence-electron chi connectivity index (χ4n) is 3.23. The van der Waals surface area contributed by atoms with Gasteiger partial charge >= 0.3 is 0 Å². The van der Waals surface area contributed by atoms with Crippen LogP contribution in [0.15, 0.2) is 65.1 Å². The first kappa shape index (κ1) is 21.2. The van der Waals surface area contributed by atoms with Crippen molar-refractivity contribution in [2.75, 3.05) is 5.75 Å². The van der Waals surface area contributed by atoms with Gasteiger partial charge in [0.15, 0.2) is 0 Å². The van der Waals surface area contributed by atoms with Gasteiger partial charge in [0.05, 0.1) is 17.5 Å². The Balaban J connectivity index is 1.47. The van der Waals surface area contributed by atoms with Gasteiger partial charge in [0.1, 0.15) is 5.82 Å². The summed E-state index contributed by atoms with van der Waals surface area (Å²) in [6.45, 7) is 4.03. The lowest BCUT2D eigenvalue weighted by atomic mass is 10.1. The number of nitrogens with zero attached hydrogens (tertiary/aromatic N) is 4. The predicted octanol–water partition coefficient (Wildman–Crippen LogP) is 4.48. The van der Waals surface area contributed by atoms with E-state index in [0.717, 1.165) is 27.3 Å². The van der Waals surface area contributed by atoms with Gasteiger partial charge in [0, 0.05) is 4.88 Å². The minimum Gasteiger partial charge on any atom is -0.344 e. The molecule has 2 aromatic heterocycles. The maximum absolute atomic E-state index is 13.4. The minimum atomic E-state index is -0.343. The highest BCUT2D eigenvalue weighted by atomic mass is 32.2. The Hall–Kier alpha value is -3.04. The van der Waals surface area contributed by atoms with Crippen LogP contribution in [0.3, 0.4) is 0 Å². The molecule has 1 atom stereocenters. The van der Waals surface area contributed by atoms with Crippen LogP contribution in [0.4, 0.5) is 4.39 Å². The number of thioether (sulfide) groups is 1. The van der Waals surface area contributed by atoms with E-state index in [1.807, 2.05) is 43.5 Å². The molecule has 0 aliphatic heterocycles. The van der Waals surface area contributed by atoms with E-state index in [-0.39, 0.29) is 23.5 Å². The highest BCUT2D eigenvalue weighted by Crippen LogP contribution is 2.27. The molecule has 6 nitrogen and oxygen atoms in total. The van der Waals surface area contributed by atoms with Crippen LogP contribution in [0.1, 0.15) is 27.6 Å². The van der Waals surface area contributed by atoms with Crippen molar-refractivity contribution in [1.82, 2.24) is 25.5 Å². The summed E-state index contributed by atoms with van der Waals surface area (Å²) in [6.07, 6.45) is 0. The van der Waals surface area contributed by atoms with Gasteiger partial charge in [-0.1, -0.05) is 47.7 Å². The number of rotatable bonds is 7. The number of carbonyl (C=O) groups excluding carboxylic acids is 1. The van der Waals surface area contributed by atoms with Gasteiger partial charge < -0.3 is 5.32 Å². The van der Waals surface area contributed by atoms with Crippen molar-refractivity contribution < 1.29 is 9.18 Å². The van der Waals surface area contributed by atoms with Crippen LogP contribution in [0.25, 0.3) is 5.69 Å². The van der Waals surface area contributed by atoms with Crippen molar-refractivity contribution in [2.45, 2.75) is 25.0 Å². The summed E-state index contributed by atoms with van der Waals surface area (Å²) in [5.41, 5.74) is 3.90. The van der Waals surface area contributed by atoms with E-state index in [4.69, 9.17) is 0 Å². The Morgan fingerprint density at radius 3 is 2.71 bits per heavy atom. The monoisotopic (exact) mass is 453 g/mol. The van der Waals surface area contributed by atoms with E-state index < -0.39 is 0 Å². The molecule has 2 heterocycles. The highest BCUT2D eigenvalue weighted by molar-refractivity contribution is 7.99. The first-order chi connectivity index (χ1) is 15.0. The Morgan fingerprint density at radius 2 is 2.00 bits per heavy atom. The Morgan fingerprint density at radius 1 is 1.19 bits per heavy atom. The number of thiophene rings is 1. The summed E-state index contributed by atoms with van der Waals surface area (Å²) < 4.78 is 15.0. The molecular formula is C22H20FN5OS2. The predicted molar refractivity (Wildman–Crippen MR) is 120 cm³/mol. The second-order valence-corrected chi connectivity index (χ2v) is 8.94. The molecule has 0 saturated heterocycles. The molecule has 2 aromatic carbocycles. The number of halogens is 1. The molecule has 1 amide bonds. The van der Waals surface area contributed by atoms with E-state index in [1.54, 1.807) is 16.8 Å². The molecule has 0 radical (unpaired) electrons. The van der Waals surface area contributed by atoms with Crippen LogP contribution in [0, 0.1) is 19.7 Å². The van der Waals surface area contributed by atoms with Crippen molar-refractivity contribution in [3.63, 3.8) is 0 Å². The second-order valence-electron chi connectivity index (χ2n) is 7.02. The van der Waals surface area contributed by atoms with Gasteiger partial charge in [-0.2, -0.15) is 4.68 Å². The van der Waals surface area contributed by atoms with Crippen LogP contribution in [-0.4, -0.2) is 31.9 Å². The molecule has 0 bridgehead atoms. The largest absolute Gasteiger partial charge is 0.344 e. The minimum absolute atomic E-state index is 0.147. The number of tetrazole rings is 1. The zero-order valence-corrected chi connectivity index (χ0v) is 18.6. The third kappa shape index (κ3) is 5.00. The Kier molecular flexibility index (Phi) is 6.43. The van der Waals surface area contributed by atoms with E-state index in [9.17, 15) is 9.18 Å². The van der Waals surface area contributed by atoms with E-state index >= 15 is 0 Å². The molecule has 158 valence electrons. The van der Waals surface area contributed by atoms with Crippen LogP contribution in [0.5, 0.6) is 0 Å². The fraction of sp³-hybridized carbons (Fsp3) is 0.182. The molecule has 0 aliphatic rings. The third-order valence-electron chi connectivity index (χ3n) is 4.69. The number of hydrogen-bond donors (Lipinski definition) is 1. The third-order valence-corrected chi connectivity index (χ3v) is 6.55. The van der Waals surface area contributed by atoms with Crippen LogP contribution in [0.2, 0.25) is 0 Å². The Labute approximate surface area is 187 Å². The average Bonchev–Trinajstić information content (AvgIpc) is 3.44. The van der Waals surface area contributed by atoms with Crippen molar-refractivity contribution in [3.8, 4) is 5.69 Å². The lowest BCUT2D eigenvalue weighted by Gasteiger charge is -2.18. The van der Waals surface area contributed by atoms with Crippen LogP contribution < -0.4 is 5.32 Å². The van der Waals surface area contributed by atoms with Gasteiger partial charge in [-0.3, -0.25) is 4.79 Å². The molecule has 4 aromatic rings. The number of benzene rings is 2. The molecule has 0 saturated carbocycles. The topological polar surface area (TPSA) is 72.7 Å². The first-order valence-electron chi connectivity index (χ1n) is 9.58. The maximum Gasteiger partial charge on any atom is 0.231 e. The summed E-state index contributed by atoms with van der Waals surface area (Å²) >= 11 is 2.80. The second kappa shape index (κ2) is 9.40. The summed E-state index contributed by atoms with van der Waals surface area (Å²) in [5.74, 6) is -0.328. The number of aryl methyl sites for hydroxylation is 2. The first-order valence-corrected chi connectivity index (χ1v) is 11.4. The molecule has 31 heavy (non-hydrogen) atoms. The van der Waals surface area contributed by atoms with Crippen LogP contribution in [-0.2, 0) is 4.79 Å². The van der Waals surface area contributed by atoms with Gasteiger partial charge in [0.2, 0.25) is 11.1 Å². The molecule has 1 N–H and O–H groups in total. The smallest absolute Gasteiger partial charge is 0.231 e. The zero-order chi connectivity index (χ0) is 21.8. The summed E-state index contributed by atoms with van der Waals surface area (Å²) in [5, 5.41) is 17.5. The quantitative estimate of drug-likeness (QED) is 0.418. The number of carbonyl (C=O) groups is 1. The normalized spacial score (nSPS) is 12.0. The SMILES string of the molecule is Cc1ccc(-n2nnnc2SCC(=O)NC(c2ccc(F)cc2)c2cccs2)c(C)c1.